The van der Waals surface area contributed by atoms with Crippen LogP contribution in [0.15, 0.2) is 36.4 Å². The van der Waals surface area contributed by atoms with Gasteiger partial charge in [-0.1, -0.05) is 43.3 Å². The molecule has 1 aromatic rings. The van der Waals surface area contributed by atoms with E-state index in [0.29, 0.717) is 0 Å². The number of nitrogens with two attached hydrogens (primary N) is 1. The van der Waals surface area contributed by atoms with Crippen LogP contribution in [0.1, 0.15) is 6.92 Å². The molecule has 0 bridgehead atoms. The molecule has 0 unspecified atom stereocenters. The molecule has 1 rings (SSSR count). The predicted octanol–water partition coefficient (Wildman–Crippen LogP) is 0.827. The standard InChI is InChI=1S/C6H6.C2H7N.H2O/c1-2-4-6-5-3-1;1-2-3;/h1-6H;2-3H2,1H3;1H2. The van der Waals surface area contributed by atoms with Crippen molar-refractivity contribution in [3.8, 4) is 0 Å². The Morgan fingerprint density at radius 2 is 1.00 bits per heavy atom. The quantitative estimate of drug-likeness (QED) is 0.571. The zero-order valence-corrected chi connectivity index (χ0v) is 6.25. The first-order valence-electron chi connectivity index (χ1n) is 3.12. The summed E-state index contributed by atoms with van der Waals surface area (Å²) in [6.07, 6.45) is 0. The maximum atomic E-state index is 4.85. The normalized spacial score (nSPS) is 6.60. The second-order valence-electron chi connectivity index (χ2n) is 1.56. The van der Waals surface area contributed by atoms with Crippen LogP contribution in [0.3, 0.4) is 0 Å². The van der Waals surface area contributed by atoms with Crippen molar-refractivity contribution in [3.05, 3.63) is 36.4 Å². The fourth-order valence-corrected chi connectivity index (χ4v) is 0.385. The summed E-state index contributed by atoms with van der Waals surface area (Å²) in [5, 5.41) is 0. The largest absolute Gasteiger partial charge is 0.412 e. The second kappa shape index (κ2) is 11.0. The highest BCUT2D eigenvalue weighted by Gasteiger charge is 1.57. The van der Waals surface area contributed by atoms with E-state index in [-0.39, 0.29) is 5.48 Å². The Kier molecular flexibility index (Phi) is 13.1. The van der Waals surface area contributed by atoms with E-state index in [1.807, 2.05) is 43.3 Å². The van der Waals surface area contributed by atoms with Gasteiger partial charge in [-0.2, -0.15) is 0 Å². The zero-order valence-electron chi connectivity index (χ0n) is 6.25. The van der Waals surface area contributed by atoms with Crippen LogP contribution in [0, 0.1) is 0 Å². The van der Waals surface area contributed by atoms with Crippen molar-refractivity contribution in [2.24, 2.45) is 5.73 Å². The molecule has 4 N–H and O–H groups in total. The molecule has 0 aliphatic heterocycles. The van der Waals surface area contributed by atoms with Gasteiger partial charge in [0, 0.05) is 0 Å². The molecule has 0 saturated heterocycles. The van der Waals surface area contributed by atoms with E-state index in [1.165, 1.54) is 0 Å². The van der Waals surface area contributed by atoms with Crippen LogP contribution in [0.4, 0.5) is 0 Å². The van der Waals surface area contributed by atoms with Crippen LogP contribution >= 0.6 is 0 Å². The molecule has 0 aliphatic rings. The lowest BCUT2D eigenvalue weighted by Gasteiger charge is -1.69. The highest BCUT2D eigenvalue weighted by Crippen LogP contribution is 1.79. The Morgan fingerprint density at radius 1 is 0.900 bits per heavy atom. The van der Waals surface area contributed by atoms with E-state index in [1.54, 1.807) is 0 Å². The summed E-state index contributed by atoms with van der Waals surface area (Å²) in [5.74, 6) is 0. The van der Waals surface area contributed by atoms with Crippen molar-refractivity contribution >= 4 is 0 Å². The molecule has 0 amide bonds. The number of hydrogen-bond acceptors (Lipinski definition) is 1. The topological polar surface area (TPSA) is 57.5 Å². The lowest BCUT2D eigenvalue weighted by molar-refractivity contribution is 0.824. The Balaban J connectivity index is 0. The van der Waals surface area contributed by atoms with Gasteiger partial charge in [0.25, 0.3) is 0 Å². The number of hydrogen-bond donors (Lipinski definition) is 1. The third-order valence-electron chi connectivity index (χ3n) is 0.667. The molecule has 2 nitrogen and oxygen atoms in total. The van der Waals surface area contributed by atoms with Crippen LogP contribution in [-0.2, 0) is 0 Å². The molecule has 0 aromatic heterocycles. The molecule has 0 fully saturated rings. The van der Waals surface area contributed by atoms with E-state index in [4.69, 9.17) is 5.73 Å². The van der Waals surface area contributed by atoms with E-state index < -0.39 is 0 Å². The van der Waals surface area contributed by atoms with Crippen LogP contribution < -0.4 is 5.73 Å². The minimum atomic E-state index is 0. The van der Waals surface area contributed by atoms with Crippen LogP contribution in [0.2, 0.25) is 0 Å². The van der Waals surface area contributed by atoms with Gasteiger partial charge < -0.3 is 11.2 Å². The molecular weight excluding hydrogens is 126 g/mol. The average molecular weight is 141 g/mol. The Morgan fingerprint density at radius 3 is 1.10 bits per heavy atom. The van der Waals surface area contributed by atoms with Gasteiger partial charge >= 0.3 is 0 Å². The smallest absolute Gasteiger partial charge is 0.0106 e. The molecule has 58 valence electrons. The second-order valence-corrected chi connectivity index (χ2v) is 1.56. The van der Waals surface area contributed by atoms with Crippen molar-refractivity contribution in [1.82, 2.24) is 0 Å². The summed E-state index contributed by atoms with van der Waals surface area (Å²) in [6, 6.07) is 12.0. The predicted molar refractivity (Wildman–Crippen MR) is 44.8 cm³/mol. The third-order valence-corrected chi connectivity index (χ3v) is 0.667. The molecule has 0 aliphatic carbocycles. The molecule has 0 spiro atoms. The van der Waals surface area contributed by atoms with Gasteiger partial charge in [-0.05, 0) is 6.54 Å². The maximum Gasteiger partial charge on any atom is -0.0106 e. The summed E-state index contributed by atoms with van der Waals surface area (Å²) in [4.78, 5) is 0. The van der Waals surface area contributed by atoms with Crippen molar-refractivity contribution in [1.29, 1.82) is 0 Å². The van der Waals surface area contributed by atoms with E-state index in [2.05, 4.69) is 0 Å². The third kappa shape index (κ3) is 10.2. The van der Waals surface area contributed by atoms with E-state index >= 15 is 0 Å². The van der Waals surface area contributed by atoms with Gasteiger partial charge in [0.2, 0.25) is 0 Å². The van der Waals surface area contributed by atoms with Crippen molar-refractivity contribution < 1.29 is 5.48 Å². The van der Waals surface area contributed by atoms with Crippen molar-refractivity contribution in [2.45, 2.75) is 6.92 Å². The molecule has 0 radical (unpaired) electrons. The average Bonchev–Trinajstić information content (AvgIpc) is 1.93. The van der Waals surface area contributed by atoms with Crippen molar-refractivity contribution in [2.75, 3.05) is 6.54 Å². The number of benzene rings is 1. The maximum absolute atomic E-state index is 4.85. The van der Waals surface area contributed by atoms with Gasteiger partial charge in [0.05, 0.1) is 0 Å². The van der Waals surface area contributed by atoms with Gasteiger partial charge in [0.15, 0.2) is 0 Å². The van der Waals surface area contributed by atoms with Gasteiger partial charge in [-0.25, -0.2) is 0 Å². The molecule has 0 saturated carbocycles. The minimum absolute atomic E-state index is 0. The van der Waals surface area contributed by atoms with Crippen LogP contribution in [-0.4, -0.2) is 12.0 Å². The lowest BCUT2D eigenvalue weighted by Crippen LogP contribution is -1.87. The Hall–Kier alpha value is -0.860. The molecular formula is C8H15NO. The first kappa shape index (κ1) is 11.9. The zero-order chi connectivity index (χ0) is 6.95. The molecule has 10 heavy (non-hydrogen) atoms. The molecule has 0 heterocycles. The van der Waals surface area contributed by atoms with Crippen molar-refractivity contribution in [3.63, 3.8) is 0 Å². The van der Waals surface area contributed by atoms with E-state index in [0.717, 1.165) is 6.54 Å². The summed E-state index contributed by atoms with van der Waals surface area (Å²) in [7, 11) is 0. The SMILES string of the molecule is CCN.O.c1ccccc1. The molecule has 1 aromatic carbocycles. The highest BCUT2D eigenvalue weighted by atomic mass is 16.0. The Labute approximate surface area is 62.0 Å². The monoisotopic (exact) mass is 141 g/mol. The summed E-state index contributed by atoms with van der Waals surface area (Å²) < 4.78 is 0. The summed E-state index contributed by atoms with van der Waals surface area (Å²) in [5.41, 5.74) is 4.85. The number of rotatable bonds is 0. The van der Waals surface area contributed by atoms with Gasteiger partial charge in [0.1, 0.15) is 0 Å². The molecule has 0 atom stereocenters. The lowest BCUT2D eigenvalue weighted by atomic mass is 10.4. The fourth-order valence-electron chi connectivity index (χ4n) is 0.385. The summed E-state index contributed by atoms with van der Waals surface area (Å²) in [6.45, 7) is 2.65. The highest BCUT2D eigenvalue weighted by molar-refractivity contribution is 4.99. The fraction of sp³-hybridized carbons (Fsp3) is 0.250. The molecule has 2 heteroatoms. The van der Waals surface area contributed by atoms with Crippen LogP contribution in [0.5, 0.6) is 0 Å². The van der Waals surface area contributed by atoms with Gasteiger partial charge in [-0.3, -0.25) is 0 Å². The first-order valence-corrected chi connectivity index (χ1v) is 3.12. The van der Waals surface area contributed by atoms with E-state index in [9.17, 15) is 0 Å². The summed E-state index contributed by atoms with van der Waals surface area (Å²) >= 11 is 0. The van der Waals surface area contributed by atoms with Crippen LogP contribution in [0.25, 0.3) is 0 Å². The van der Waals surface area contributed by atoms with Gasteiger partial charge in [-0.15, -0.1) is 0 Å². The Bertz CT molecular complexity index is 92.1. The first-order chi connectivity index (χ1) is 4.41. The minimum Gasteiger partial charge on any atom is -0.412 e.